The Hall–Kier alpha value is -2.34. The van der Waals surface area contributed by atoms with Gasteiger partial charge in [-0.05, 0) is 51.7 Å². The zero-order valence-corrected chi connectivity index (χ0v) is 16.0. The number of aromatic nitrogens is 1. The standard InChI is InChI=1S/C21H27N3O3/c1-14-19(15(2)27-23-14)13-26-20-6-4-3-5-18(20)21(25)22-16-9-11-24(12-10-16)17-7-8-17/h3-6,16-17H,7-13H2,1-2H3,(H,22,25). The molecule has 2 aromatic rings. The first-order valence-electron chi connectivity index (χ1n) is 9.80. The van der Waals surface area contributed by atoms with Crippen LogP contribution in [0.3, 0.4) is 0 Å². The van der Waals surface area contributed by atoms with Crippen molar-refractivity contribution in [3.05, 3.63) is 46.8 Å². The van der Waals surface area contributed by atoms with Crippen LogP contribution in [0.15, 0.2) is 28.8 Å². The van der Waals surface area contributed by atoms with Gasteiger partial charge in [0.25, 0.3) is 5.91 Å². The molecule has 0 atom stereocenters. The molecule has 6 heteroatoms. The highest BCUT2D eigenvalue weighted by atomic mass is 16.5. The minimum absolute atomic E-state index is 0.0609. The number of nitrogens with zero attached hydrogens (tertiary/aromatic N) is 2. The van der Waals surface area contributed by atoms with Crippen LogP contribution in [0.2, 0.25) is 0 Å². The Kier molecular flexibility index (Phi) is 5.16. The number of amides is 1. The van der Waals surface area contributed by atoms with E-state index >= 15 is 0 Å². The van der Waals surface area contributed by atoms with E-state index in [2.05, 4.69) is 15.4 Å². The van der Waals surface area contributed by atoms with Crippen molar-refractivity contribution in [2.45, 2.75) is 58.2 Å². The van der Waals surface area contributed by atoms with Gasteiger partial charge in [0.05, 0.1) is 16.8 Å². The molecule has 6 nitrogen and oxygen atoms in total. The first kappa shape index (κ1) is 18.0. The molecule has 4 rings (SSSR count). The van der Waals surface area contributed by atoms with Gasteiger partial charge >= 0.3 is 0 Å². The maximum atomic E-state index is 12.8. The molecular formula is C21H27N3O3. The second-order valence-electron chi connectivity index (χ2n) is 7.60. The van der Waals surface area contributed by atoms with Crippen LogP contribution in [0.4, 0.5) is 0 Å². The van der Waals surface area contributed by atoms with Crippen LogP contribution in [-0.4, -0.2) is 41.1 Å². The van der Waals surface area contributed by atoms with Gasteiger partial charge in [0.2, 0.25) is 0 Å². The van der Waals surface area contributed by atoms with Crippen molar-refractivity contribution in [1.82, 2.24) is 15.4 Å². The fourth-order valence-electron chi connectivity index (χ4n) is 3.75. The number of aryl methyl sites for hydroxylation is 2. The molecule has 1 aromatic carbocycles. The van der Waals surface area contributed by atoms with E-state index in [4.69, 9.17) is 9.26 Å². The number of hydrogen-bond donors (Lipinski definition) is 1. The average molecular weight is 369 g/mol. The predicted molar refractivity (Wildman–Crippen MR) is 102 cm³/mol. The summed E-state index contributed by atoms with van der Waals surface area (Å²) in [5.41, 5.74) is 2.32. The lowest BCUT2D eigenvalue weighted by Crippen LogP contribution is -2.45. The molecule has 1 saturated carbocycles. The van der Waals surface area contributed by atoms with Gasteiger partial charge in [-0.1, -0.05) is 17.3 Å². The highest BCUT2D eigenvalue weighted by Crippen LogP contribution is 2.29. The van der Waals surface area contributed by atoms with Crippen molar-refractivity contribution >= 4 is 5.91 Å². The fraction of sp³-hybridized carbons (Fsp3) is 0.524. The van der Waals surface area contributed by atoms with Crippen LogP contribution >= 0.6 is 0 Å². The van der Waals surface area contributed by atoms with Crippen molar-refractivity contribution in [2.24, 2.45) is 0 Å². The summed E-state index contributed by atoms with van der Waals surface area (Å²) in [6.07, 6.45) is 4.72. The summed E-state index contributed by atoms with van der Waals surface area (Å²) in [6.45, 7) is 6.26. The predicted octanol–water partition coefficient (Wildman–Crippen LogP) is 3.23. The molecule has 2 fully saturated rings. The van der Waals surface area contributed by atoms with Crippen molar-refractivity contribution in [3.8, 4) is 5.75 Å². The van der Waals surface area contributed by atoms with Crippen molar-refractivity contribution in [2.75, 3.05) is 13.1 Å². The summed E-state index contributed by atoms with van der Waals surface area (Å²) < 4.78 is 11.1. The number of rotatable bonds is 6. The molecule has 27 heavy (non-hydrogen) atoms. The van der Waals surface area contributed by atoms with Crippen LogP contribution in [0.5, 0.6) is 5.75 Å². The van der Waals surface area contributed by atoms with E-state index in [1.807, 2.05) is 38.1 Å². The van der Waals surface area contributed by atoms with Gasteiger partial charge in [-0.15, -0.1) is 0 Å². The third kappa shape index (κ3) is 4.16. The average Bonchev–Trinajstić information content (AvgIpc) is 3.48. The Morgan fingerprint density at radius 3 is 2.63 bits per heavy atom. The molecule has 0 radical (unpaired) electrons. The van der Waals surface area contributed by atoms with E-state index in [9.17, 15) is 4.79 Å². The highest BCUT2D eigenvalue weighted by Gasteiger charge is 2.32. The Labute approximate surface area is 159 Å². The largest absolute Gasteiger partial charge is 0.488 e. The fourth-order valence-corrected chi connectivity index (χ4v) is 3.75. The molecule has 2 heterocycles. The van der Waals surface area contributed by atoms with Gasteiger partial charge in [-0.2, -0.15) is 0 Å². The third-order valence-electron chi connectivity index (χ3n) is 5.61. The van der Waals surface area contributed by atoms with Crippen LogP contribution < -0.4 is 10.1 Å². The van der Waals surface area contributed by atoms with E-state index in [1.165, 1.54) is 12.8 Å². The monoisotopic (exact) mass is 369 g/mol. The van der Waals surface area contributed by atoms with Crippen molar-refractivity contribution < 1.29 is 14.1 Å². The molecule has 1 N–H and O–H groups in total. The minimum Gasteiger partial charge on any atom is -0.488 e. The Morgan fingerprint density at radius 1 is 1.22 bits per heavy atom. The second-order valence-corrected chi connectivity index (χ2v) is 7.60. The van der Waals surface area contributed by atoms with Gasteiger partial charge in [-0.25, -0.2) is 0 Å². The molecule has 1 amide bonds. The number of piperidine rings is 1. The summed E-state index contributed by atoms with van der Waals surface area (Å²) in [4.78, 5) is 15.4. The zero-order valence-electron chi connectivity index (χ0n) is 16.0. The molecule has 2 aliphatic rings. The van der Waals surface area contributed by atoms with Crippen LogP contribution in [-0.2, 0) is 6.61 Å². The van der Waals surface area contributed by atoms with Gasteiger partial charge in [-0.3, -0.25) is 4.79 Å². The van der Waals surface area contributed by atoms with E-state index < -0.39 is 0 Å². The maximum Gasteiger partial charge on any atom is 0.255 e. The molecule has 1 aliphatic carbocycles. The number of carbonyl (C=O) groups excluding carboxylic acids is 1. The normalized spacial score (nSPS) is 18.4. The number of hydrogen-bond acceptors (Lipinski definition) is 5. The molecule has 1 aromatic heterocycles. The first-order valence-corrected chi connectivity index (χ1v) is 9.80. The number of carbonyl (C=O) groups is 1. The van der Waals surface area contributed by atoms with Crippen LogP contribution in [0, 0.1) is 13.8 Å². The molecule has 1 saturated heterocycles. The van der Waals surface area contributed by atoms with E-state index in [0.717, 1.165) is 49.0 Å². The lowest BCUT2D eigenvalue weighted by Gasteiger charge is -2.32. The molecule has 144 valence electrons. The molecular weight excluding hydrogens is 342 g/mol. The molecule has 1 aliphatic heterocycles. The Bertz CT molecular complexity index is 785. The lowest BCUT2D eigenvalue weighted by atomic mass is 10.0. The summed E-state index contributed by atoms with van der Waals surface area (Å²) in [7, 11) is 0. The number of ether oxygens (including phenoxy) is 1. The van der Waals surface area contributed by atoms with Gasteiger partial charge < -0.3 is 19.5 Å². The Balaban J connectivity index is 1.37. The number of para-hydroxylation sites is 1. The smallest absolute Gasteiger partial charge is 0.255 e. The number of benzene rings is 1. The lowest BCUT2D eigenvalue weighted by molar-refractivity contribution is 0.0904. The number of nitrogens with one attached hydrogen (secondary N) is 1. The summed E-state index contributed by atoms with van der Waals surface area (Å²) in [5.74, 6) is 1.27. The molecule has 0 bridgehead atoms. The zero-order chi connectivity index (χ0) is 18.8. The van der Waals surface area contributed by atoms with Crippen LogP contribution in [0.25, 0.3) is 0 Å². The number of likely N-dealkylation sites (tertiary alicyclic amines) is 1. The van der Waals surface area contributed by atoms with E-state index in [0.29, 0.717) is 17.9 Å². The van der Waals surface area contributed by atoms with E-state index in [1.54, 1.807) is 0 Å². The van der Waals surface area contributed by atoms with Crippen molar-refractivity contribution in [3.63, 3.8) is 0 Å². The summed E-state index contributed by atoms with van der Waals surface area (Å²) in [5, 5.41) is 7.14. The minimum atomic E-state index is -0.0609. The summed E-state index contributed by atoms with van der Waals surface area (Å²) in [6, 6.07) is 8.45. The van der Waals surface area contributed by atoms with E-state index in [-0.39, 0.29) is 11.9 Å². The van der Waals surface area contributed by atoms with Gasteiger partial charge in [0.1, 0.15) is 18.1 Å². The molecule has 0 spiro atoms. The quantitative estimate of drug-likeness (QED) is 0.847. The Morgan fingerprint density at radius 2 is 1.96 bits per heavy atom. The SMILES string of the molecule is Cc1noc(C)c1COc1ccccc1C(=O)NC1CCN(C2CC2)CC1. The van der Waals surface area contributed by atoms with Gasteiger partial charge in [0.15, 0.2) is 0 Å². The maximum absolute atomic E-state index is 12.8. The molecule has 0 unspecified atom stereocenters. The third-order valence-corrected chi connectivity index (χ3v) is 5.61. The first-order chi connectivity index (χ1) is 13.1. The highest BCUT2D eigenvalue weighted by molar-refractivity contribution is 5.97. The second kappa shape index (κ2) is 7.72. The summed E-state index contributed by atoms with van der Waals surface area (Å²) >= 11 is 0. The van der Waals surface area contributed by atoms with Crippen molar-refractivity contribution in [1.29, 1.82) is 0 Å². The van der Waals surface area contributed by atoms with Gasteiger partial charge in [0, 0.05) is 25.2 Å². The van der Waals surface area contributed by atoms with Crippen LogP contribution in [0.1, 0.15) is 53.1 Å². The topological polar surface area (TPSA) is 67.6 Å².